The van der Waals surface area contributed by atoms with Gasteiger partial charge in [0.15, 0.2) is 5.76 Å². The summed E-state index contributed by atoms with van der Waals surface area (Å²) in [5.41, 5.74) is 2.67. The normalized spacial score (nSPS) is 9.40. The lowest BCUT2D eigenvalue weighted by atomic mass is 10.4. The standard InChI is InChI=1S/C8H11BrO/c1-3-8(10-4-2)6-5-7-9/h5-6H,1,4,7H2,2H3/b6-5+. The summed E-state index contributed by atoms with van der Waals surface area (Å²) in [5.74, 6) is 0.696. The summed E-state index contributed by atoms with van der Waals surface area (Å²) in [6, 6.07) is 0. The van der Waals surface area contributed by atoms with Gasteiger partial charge >= 0.3 is 0 Å². The van der Waals surface area contributed by atoms with Gasteiger partial charge in [-0.05, 0) is 13.0 Å². The molecule has 0 aliphatic heterocycles. The van der Waals surface area contributed by atoms with Gasteiger partial charge in [-0.2, -0.15) is 0 Å². The van der Waals surface area contributed by atoms with E-state index in [0.29, 0.717) is 12.4 Å². The molecule has 2 heteroatoms. The molecule has 0 saturated heterocycles. The maximum Gasteiger partial charge on any atom is 0.161 e. The van der Waals surface area contributed by atoms with E-state index in [9.17, 15) is 0 Å². The number of halogens is 1. The minimum Gasteiger partial charge on any atom is -0.486 e. The molecule has 0 bridgehead atoms. The molecule has 0 aliphatic carbocycles. The summed E-state index contributed by atoms with van der Waals surface area (Å²) < 4.78 is 5.13. The minimum atomic E-state index is 0.657. The summed E-state index contributed by atoms with van der Waals surface area (Å²) in [7, 11) is 0. The average molecular weight is 203 g/mol. The third-order valence-corrected chi connectivity index (χ3v) is 1.21. The van der Waals surface area contributed by atoms with Gasteiger partial charge in [0.1, 0.15) is 0 Å². The summed E-state index contributed by atoms with van der Waals surface area (Å²) in [4.78, 5) is 0. The van der Waals surface area contributed by atoms with Crippen LogP contribution >= 0.6 is 15.9 Å². The quantitative estimate of drug-likeness (QED) is 0.295. The predicted molar refractivity (Wildman–Crippen MR) is 47.2 cm³/mol. The van der Waals surface area contributed by atoms with E-state index < -0.39 is 0 Å². The lowest BCUT2D eigenvalue weighted by Gasteiger charge is -1.97. The fourth-order valence-corrected chi connectivity index (χ4v) is 0.652. The second kappa shape index (κ2) is 6.66. The Morgan fingerprint density at radius 3 is 2.90 bits per heavy atom. The van der Waals surface area contributed by atoms with Crippen LogP contribution in [0.3, 0.4) is 0 Å². The molecule has 0 aromatic rings. The van der Waals surface area contributed by atoms with Crippen LogP contribution in [-0.2, 0) is 4.74 Å². The number of ether oxygens (including phenoxy) is 1. The van der Waals surface area contributed by atoms with Crippen molar-refractivity contribution in [3.63, 3.8) is 0 Å². The second-order valence-electron chi connectivity index (χ2n) is 1.53. The molecule has 0 saturated carbocycles. The van der Waals surface area contributed by atoms with Crippen molar-refractivity contribution < 1.29 is 4.74 Å². The number of rotatable bonds is 4. The molecule has 0 aromatic carbocycles. The third-order valence-electron chi connectivity index (χ3n) is 0.832. The molecule has 0 atom stereocenters. The largest absolute Gasteiger partial charge is 0.486 e. The van der Waals surface area contributed by atoms with Crippen LogP contribution in [0.4, 0.5) is 0 Å². The summed E-state index contributed by atoms with van der Waals surface area (Å²) in [5, 5.41) is 0.825. The van der Waals surface area contributed by atoms with E-state index in [1.54, 1.807) is 0 Å². The van der Waals surface area contributed by atoms with Gasteiger partial charge in [0.25, 0.3) is 0 Å². The lowest BCUT2D eigenvalue weighted by Crippen LogP contribution is -1.85. The Morgan fingerprint density at radius 2 is 2.50 bits per heavy atom. The Morgan fingerprint density at radius 1 is 1.80 bits per heavy atom. The Labute approximate surface area is 70.2 Å². The van der Waals surface area contributed by atoms with Crippen LogP contribution < -0.4 is 0 Å². The molecule has 0 spiro atoms. The molecule has 0 aliphatic rings. The SMILES string of the molecule is C=C=C(/C=C/CBr)OCC. The van der Waals surface area contributed by atoms with Crippen molar-refractivity contribution in [2.75, 3.05) is 11.9 Å². The molecule has 0 amide bonds. The van der Waals surface area contributed by atoms with Crippen LogP contribution in [0.5, 0.6) is 0 Å². The molecule has 10 heavy (non-hydrogen) atoms. The van der Waals surface area contributed by atoms with Crippen LogP contribution in [0.2, 0.25) is 0 Å². The van der Waals surface area contributed by atoms with Crippen LogP contribution in [0.25, 0.3) is 0 Å². The van der Waals surface area contributed by atoms with Gasteiger partial charge < -0.3 is 4.74 Å². The zero-order valence-electron chi connectivity index (χ0n) is 6.06. The fourth-order valence-electron chi connectivity index (χ4n) is 0.465. The number of alkyl halides is 1. The molecular formula is C8H11BrO. The molecular weight excluding hydrogens is 192 g/mol. The third kappa shape index (κ3) is 4.42. The van der Waals surface area contributed by atoms with Crippen LogP contribution in [-0.4, -0.2) is 11.9 Å². The highest BCUT2D eigenvalue weighted by Gasteiger charge is 1.84. The first-order valence-electron chi connectivity index (χ1n) is 3.10. The molecule has 0 heterocycles. The molecule has 0 aromatic heterocycles. The summed E-state index contributed by atoms with van der Waals surface area (Å²) >= 11 is 3.25. The van der Waals surface area contributed by atoms with Crippen molar-refractivity contribution in [2.24, 2.45) is 0 Å². The molecule has 1 nitrogen and oxygen atoms in total. The molecule has 56 valence electrons. The van der Waals surface area contributed by atoms with Crippen molar-refractivity contribution >= 4 is 15.9 Å². The van der Waals surface area contributed by atoms with E-state index in [4.69, 9.17) is 4.74 Å². The zero-order valence-corrected chi connectivity index (χ0v) is 7.65. The maximum atomic E-state index is 5.13. The van der Waals surface area contributed by atoms with Gasteiger partial charge in [-0.15, -0.1) is 0 Å². The van der Waals surface area contributed by atoms with Crippen molar-refractivity contribution in [3.05, 3.63) is 30.2 Å². The summed E-state index contributed by atoms with van der Waals surface area (Å²) in [6.07, 6.45) is 3.77. The second-order valence-corrected chi connectivity index (χ2v) is 2.18. The van der Waals surface area contributed by atoms with E-state index in [1.165, 1.54) is 0 Å². The van der Waals surface area contributed by atoms with E-state index in [-0.39, 0.29) is 0 Å². The lowest BCUT2D eigenvalue weighted by molar-refractivity contribution is 0.243. The van der Waals surface area contributed by atoms with E-state index >= 15 is 0 Å². The van der Waals surface area contributed by atoms with E-state index in [1.807, 2.05) is 19.1 Å². The Bertz CT molecular complexity index is 155. The van der Waals surface area contributed by atoms with Gasteiger partial charge in [0, 0.05) is 5.33 Å². The number of hydrogen-bond donors (Lipinski definition) is 0. The molecule has 0 unspecified atom stereocenters. The van der Waals surface area contributed by atoms with E-state index in [2.05, 4.69) is 28.2 Å². The molecule has 0 radical (unpaired) electrons. The Balaban J connectivity index is 3.85. The Kier molecular flexibility index (Phi) is 6.35. The first-order valence-corrected chi connectivity index (χ1v) is 4.22. The maximum absolute atomic E-state index is 5.13. The van der Waals surface area contributed by atoms with Gasteiger partial charge in [0.05, 0.1) is 6.61 Å². The van der Waals surface area contributed by atoms with Gasteiger partial charge in [-0.3, -0.25) is 0 Å². The van der Waals surface area contributed by atoms with Gasteiger partial charge in [-0.1, -0.05) is 34.3 Å². The molecule has 0 rings (SSSR count). The van der Waals surface area contributed by atoms with E-state index in [0.717, 1.165) is 5.33 Å². The monoisotopic (exact) mass is 202 g/mol. The zero-order chi connectivity index (χ0) is 7.82. The first kappa shape index (κ1) is 9.54. The minimum absolute atomic E-state index is 0.657. The van der Waals surface area contributed by atoms with Crippen LogP contribution in [0, 0.1) is 0 Å². The highest BCUT2D eigenvalue weighted by atomic mass is 79.9. The van der Waals surface area contributed by atoms with Gasteiger partial charge in [0.2, 0.25) is 0 Å². The van der Waals surface area contributed by atoms with Crippen molar-refractivity contribution in [3.8, 4) is 0 Å². The predicted octanol–water partition coefficient (Wildman–Crippen LogP) is 2.64. The fraction of sp³-hybridized carbons (Fsp3) is 0.375. The van der Waals surface area contributed by atoms with Crippen molar-refractivity contribution in [1.82, 2.24) is 0 Å². The molecule has 0 N–H and O–H groups in total. The first-order chi connectivity index (χ1) is 4.85. The topological polar surface area (TPSA) is 9.23 Å². The van der Waals surface area contributed by atoms with Gasteiger partial charge in [-0.25, -0.2) is 0 Å². The van der Waals surface area contributed by atoms with Crippen LogP contribution in [0.15, 0.2) is 30.2 Å². The summed E-state index contributed by atoms with van der Waals surface area (Å²) in [6.45, 7) is 6.07. The smallest absolute Gasteiger partial charge is 0.161 e. The highest BCUT2D eigenvalue weighted by Crippen LogP contribution is 1.96. The number of hydrogen-bond acceptors (Lipinski definition) is 1. The van der Waals surface area contributed by atoms with Crippen LogP contribution in [0.1, 0.15) is 6.92 Å². The van der Waals surface area contributed by atoms with Crippen molar-refractivity contribution in [1.29, 1.82) is 0 Å². The Hall–Kier alpha value is -0.460. The van der Waals surface area contributed by atoms with Crippen molar-refractivity contribution in [2.45, 2.75) is 6.92 Å². The number of allylic oxidation sites excluding steroid dienone is 2. The molecule has 0 fully saturated rings. The average Bonchev–Trinajstić information content (AvgIpc) is 1.98. The highest BCUT2D eigenvalue weighted by molar-refractivity contribution is 9.09.